The fraction of sp³-hybridized carbons (Fsp3) is 0.0769. The monoisotopic (exact) mass is 356 g/mol. The number of rotatable bonds is 4. The molecule has 0 fully saturated rings. The minimum atomic E-state index is -0.641. The molecule has 2 rings (SSSR count). The summed E-state index contributed by atoms with van der Waals surface area (Å²) >= 11 is 3.10. The van der Waals surface area contributed by atoms with Crippen LogP contribution < -0.4 is 15.6 Å². The van der Waals surface area contributed by atoms with Crippen LogP contribution in [0.15, 0.2) is 45.5 Å². The Hall–Kier alpha value is -2.35. The molecule has 0 saturated heterocycles. The summed E-state index contributed by atoms with van der Waals surface area (Å²) < 4.78 is 23.8. The van der Waals surface area contributed by atoms with E-state index >= 15 is 0 Å². The molecule has 0 saturated carbocycles. The van der Waals surface area contributed by atoms with Crippen molar-refractivity contribution in [2.45, 2.75) is 0 Å². The Morgan fingerprint density at radius 2 is 2.10 bits per heavy atom. The third-order valence-corrected chi connectivity index (χ3v) is 2.81. The standard InChI is InChI=1S/C13H10BrFN2O4/c14-8-3-4-10(9(15)6-8)21-7-12(18)16-17-13(19)11-2-1-5-20-11/h1-6H,7H2,(H,16,18)(H,17,19). The fourth-order valence-corrected chi connectivity index (χ4v) is 1.70. The summed E-state index contributed by atoms with van der Waals surface area (Å²) in [7, 11) is 0. The highest BCUT2D eigenvalue weighted by molar-refractivity contribution is 9.10. The Bertz CT molecular complexity index is 646. The number of hydrogen-bond donors (Lipinski definition) is 2. The molecule has 1 heterocycles. The average Bonchev–Trinajstić information content (AvgIpc) is 2.98. The summed E-state index contributed by atoms with van der Waals surface area (Å²) in [4.78, 5) is 22.9. The molecule has 2 N–H and O–H groups in total. The molecule has 0 bridgehead atoms. The molecule has 21 heavy (non-hydrogen) atoms. The van der Waals surface area contributed by atoms with Crippen LogP contribution in [0.1, 0.15) is 10.6 Å². The predicted molar refractivity (Wildman–Crippen MR) is 73.9 cm³/mol. The van der Waals surface area contributed by atoms with Gasteiger partial charge in [-0.15, -0.1) is 0 Å². The van der Waals surface area contributed by atoms with Gasteiger partial charge in [-0.05, 0) is 30.3 Å². The van der Waals surface area contributed by atoms with E-state index in [1.165, 1.54) is 30.5 Å². The topological polar surface area (TPSA) is 80.6 Å². The van der Waals surface area contributed by atoms with Gasteiger partial charge in [0.05, 0.1) is 6.26 Å². The van der Waals surface area contributed by atoms with E-state index in [4.69, 9.17) is 9.15 Å². The van der Waals surface area contributed by atoms with Crippen molar-refractivity contribution in [3.63, 3.8) is 0 Å². The van der Waals surface area contributed by atoms with Gasteiger partial charge in [-0.3, -0.25) is 20.4 Å². The number of carbonyl (C=O) groups is 2. The lowest BCUT2D eigenvalue weighted by molar-refractivity contribution is -0.123. The summed E-state index contributed by atoms with van der Waals surface area (Å²) in [6, 6.07) is 7.15. The van der Waals surface area contributed by atoms with E-state index in [2.05, 4.69) is 26.8 Å². The van der Waals surface area contributed by atoms with Gasteiger partial charge in [-0.2, -0.15) is 0 Å². The molecule has 8 heteroatoms. The van der Waals surface area contributed by atoms with Gasteiger partial charge < -0.3 is 9.15 Å². The number of halogens is 2. The second kappa shape index (κ2) is 6.89. The molecule has 1 aromatic heterocycles. The fourth-order valence-electron chi connectivity index (χ4n) is 1.37. The molecule has 0 aliphatic carbocycles. The van der Waals surface area contributed by atoms with Crippen LogP contribution in [-0.4, -0.2) is 18.4 Å². The highest BCUT2D eigenvalue weighted by atomic mass is 79.9. The van der Waals surface area contributed by atoms with Crippen molar-refractivity contribution in [2.24, 2.45) is 0 Å². The van der Waals surface area contributed by atoms with Crippen molar-refractivity contribution in [3.8, 4) is 5.75 Å². The third-order valence-electron chi connectivity index (χ3n) is 2.31. The maximum atomic E-state index is 13.4. The maximum absolute atomic E-state index is 13.4. The lowest BCUT2D eigenvalue weighted by Gasteiger charge is -2.08. The van der Waals surface area contributed by atoms with E-state index in [-0.39, 0.29) is 11.5 Å². The van der Waals surface area contributed by atoms with E-state index in [0.717, 1.165) is 0 Å². The van der Waals surface area contributed by atoms with Crippen LogP contribution in [0, 0.1) is 5.82 Å². The zero-order valence-electron chi connectivity index (χ0n) is 10.6. The number of nitrogens with one attached hydrogen (secondary N) is 2. The Labute approximate surface area is 127 Å². The molecular formula is C13H10BrFN2O4. The summed E-state index contributed by atoms with van der Waals surface area (Å²) in [6.07, 6.45) is 1.33. The van der Waals surface area contributed by atoms with Crippen LogP contribution in [0.3, 0.4) is 0 Å². The molecule has 0 atom stereocenters. The molecule has 0 unspecified atom stereocenters. The van der Waals surface area contributed by atoms with Gasteiger partial charge in [0.25, 0.3) is 5.91 Å². The van der Waals surface area contributed by atoms with Crippen molar-refractivity contribution in [2.75, 3.05) is 6.61 Å². The molecule has 2 aromatic rings. The Balaban J connectivity index is 1.78. The Kier molecular flexibility index (Phi) is 4.94. The van der Waals surface area contributed by atoms with Gasteiger partial charge in [-0.25, -0.2) is 4.39 Å². The molecule has 2 amide bonds. The number of hydrogen-bond acceptors (Lipinski definition) is 4. The lowest BCUT2D eigenvalue weighted by Crippen LogP contribution is -2.43. The minimum Gasteiger partial charge on any atom is -0.481 e. The van der Waals surface area contributed by atoms with Crippen molar-refractivity contribution >= 4 is 27.7 Å². The van der Waals surface area contributed by atoms with Gasteiger partial charge in [0.2, 0.25) is 0 Å². The van der Waals surface area contributed by atoms with Crippen molar-refractivity contribution in [1.29, 1.82) is 0 Å². The first-order chi connectivity index (χ1) is 10.1. The van der Waals surface area contributed by atoms with Gasteiger partial charge in [0.15, 0.2) is 23.9 Å². The van der Waals surface area contributed by atoms with E-state index < -0.39 is 24.2 Å². The van der Waals surface area contributed by atoms with Gasteiger partial charge in [0.1, 0.15) is 0 Å². The SMILES string of the molecule is O=C(COc1ccc(Br)cc1F)NNC(=O)c1ccco1. The zero-order chi connectivity index (χ0) is 15.2. The summed E-state index contributed by atoms with van der Waals surface area (Å²) in [6.45, 7) is -0.447. The quantitative estimate of drug-likeness (QED) is 0.821. The van der Waals surface area contributed by atoms with Gasteiger partial charge in [0, 0.05) is 4.47 Å². The molecule has 0 aliphatic heterocycles. The lowest BCUT2D eigenvalue weighted by atomic mass is 10.3. The Morgan fingerprint density at radius 3 is 2.76 bits per heavy atom. The first kappa shape index (κ1) is 15.0. The summed E-state index contributed by atoms with van der Waals surface area (Å²) in [5.41, 5.74) is 4.25. The molecule has 6 nitrogen and oxygen atoms in total. The van der Waals surface area contributed by atoms with Crippen LogP contribution >= 0.6 is 15.9 Å². The van der Waals surface area contributed by atoms with Crippen molar-refractivity contribution in [1.82, 2.24) is 10.9 Å². The third kappa shape index (κ3) is 4.32. The number of amides is 2. The van der Waals surface area contributed by atoms with Crippen LogP contribution in [0.2, 0.25) is 0 Å². The number of furan rings is 1. The highest BCUT2D eigenvalue weighted by Gasteiger charge is 2.11. The first-order valence-corrected chi connectivity index (χ1v) is 6.56. The summed E-state index contributed by atoms with van der Waals surface area (Å²) in [5, 5.41) is 0. The smallest absolute Gasteiger partial charge is 0.305 e. The minimum absolute atomic E-state index is 0.0511. The highest BCUT2D eigenvalue weighted by Crippen LogP contribution is 2.21. The normalized spacial score (nSPS) is 10.0. The largest absolute Gasteiger partial charge is 0.481 e. The second-order valence-corrected chi connectivity index (χ2v) is 4.76. The van der Waals surface area contributed by atoms with Gasteiger partial charge >= 0.3 is 5.91 Å². The van der Waals surface area contributed by atoms with Crippen LogP contribution in [0.5, 0.6) is 5.75 Å². The number of carbonyl (C=O) groups excluding carboxylic acids is 2. The number of ether oxygens (including phenoxy) is 1. The second-order valence-electron chi connectivity index (χ2n) is 3.84. The van der Waals surface area contributed by atoms with E-state index in [0.29, 0.717) is 4.47 Å². The summed E-state index contributed by atoms with van der Waals surface area (Å²) in [5.74, 6) is -1.86. The molecule has 0 radical (unpaired) electrons. The molecule has 0 aliphatic rings. The number of benzene rings is 1. The van der Waals surface area contributed by atoms with E-state index in [1.54, 1.807) is 6.07 Å². The van der Waals surface area contributed by atoms with E-state index in [9.17, 15) is 14.0 Å². The van der Waals surface area contributed by atoms with Gasteiger partial charge in [-0.1, -0.05) is 15.9 Å². The number of hydrazine groups is 1. The van der Waals surface area contributed by atoms with Crippen molar-refractivity contribution in [3.05, 3.63) is 52.6 Å². The van der Waals surface area contributed by atoms with Crippen LogP contribution in [0.25, 0.3) is 0 Å². The molecule has 0 spiro atoms. The molecule has 1 aromatic carbocycles. The zero-order valence-corrected chi connectivity index (χ0v) is 12.1. The molecule has 110 valence electrons. The van der Waals surface area contributed by atoms with E-state index in [1.807, 2.05) is 0 Å². The van der Waals surface area contributed by atoms with Crippen LogP contribution in [-0.2, 0) is 4.79 Å². The van der Waals surface area contributed by atoms with Crippen LogP contribution in [0.4, 0.5) is 4.39 Å². The van der Waals surface area contributed by atoms with Crippen molar-refractivity contribution < 1.29 is 23.1 Å². The molecular weight excluding hydrogens is 347 g/mol. The first-order valence-electron chi connectivity index (χ1n) is 5.77. The Morgan fingerprint density at radius 1 is 1.29 bits per heavy atom. The average molecular weight is 357 g/mol. The predicted octanol–water partition coefficient (Wildman–Crippen LogP) is 2.02. The maximum Gasteiger partial charge on any atom is 0.305 e.